The molecule has 0 spiro atoms. The van der Waals surface area contributed by atoms with Crippen LogP contribution in [0.5, 0.6) is 0 Å². The first-order valence-electron chi connectivity index (χ1n) is 8.46. The molecular formula is C19H18F2N4O. The molecule has 0 saturated carbocycles. The molecule has 1 amide bonds. The SMILES string of the molecule is NC(=O)c1ccc(F)c2cn(-c3ccc([C@@]4(F)CCCNC4)cc3)nc12. The molecule has 3 aromatic rings. The van der Waals surface area contributed by atoms with Crippen LogP contribution in [0.2, 0.25) is 0 Å². The minimum atomic E-state index is -1.38. The van der Waals surface area contributed by atoms with Gasteiger partial charge in [-0.3, -0.25) is 4.79 Å². The number of nitrogens with two attached hydrogens (primary N) is 1. The van der Waals surface area contributed by atoms with Gasteiger partial charge in [-0.05, 0) is 49.2 Å². The van der Waals surface area contributed by atoms with E-state index in [1.54, 1.807) is 24.3 Å². The maximum atomic E-state index is 15.0. The summed E-state index contributed by atoms with van der Waals surface area (Å²) in [4.78, 5) is 11.5. The number of piperidine rings is 1. The summed E-state index contributed by atoms with van der Waals surface area (Å²) in [5, 5.41) is 7.59. The topological polar surface area (TPSA) is 72.9 Å². The van der Waals surface area contributed by atoms with Gasteiger partial charge in [0.1, 0.15) is 17.0 Å². The van der Waals surface area contributed by atoms with Crippen molar-refractivity contribution in [2.24, 2.45) is 5.73 Å². The van der Waals surface area contributed by atoms with Gasteiger partial charge in [0, 0.05) is 12.7 Å². The van der Waals surface area contributed by atoms with Gasteiger partial charge in [0.05, 0.1) is 16.6 Å². The summed E-state index contributed by atoms with van der Waals surface area (Å²) in [6.07, 6.45) is 2.77. The van der Waals surface area contributed by atoms with Crippen molar-refractivity contribution in [1.82, 2.24) is 15.1 Å². The van der Waals surface area contributed by atoms with Crippen LogP contribution in [0.4, 0.5) is 8.78 Å². The first-order chi connectivity index (χ1) is 12.5. The molecule has 4 rings (SSSR count). The molecule has 2 heterocycles. The van der Waals surface area contributed by atoms with E-state index >= 15 is 4.39 Å². The lowest BCUT2D eigenvalue weighted by molar-refractivity contribution is 0.100. The number of fused-ring (bicyclic) bond motifs is 1. The fourth-order valence-corrected chi connectivity index (χ4v) is 3.43. The molecule has 0 unspecified atom stereocenters. The molecule has 1 aliphatic heterocycles. The number of aromatic nitrogens is 2. The van der Waals surface area contributed by atoms with Crippen molar-refractivity contribution in [3.63, 3.8) is 0 Å². The van der Waals surface area contributed by atoms with Crippen LogP contribution >= 0.6 is 0 Å². The van der Waals surface area contributed by atoms with Crippen molar-refractivity contribution >= 4 is 16.8 Å². The molecule has 26 heavy (non-hydrogen) atoms. The number of amides is 1. The molecule has 0 bridgehead atoms. The maximum absolute atomic E-state index is 15.0. The summed E-state index contributed by atoms with van der Waals surface area (Å²) < 4.78 is 30.5. The third-order valence-electron chi connectivity index (χ3n) is 4.87. The van der Waals surface area contributed by atoms with E-state index in [0.29, 0.717) is 24.2 Å². The van der Waals surface area contributed by atoms with E-state index in [-0.39, 0.29) is 16.5 Å². The number of nitrogens with one attached hydrogen (secondary N) is 1. The molecule has 134 valence electrons. The van der Waals surface area contributed by atoms with Crippen LogP contribution in [0, 0.1) is 5.82 Å². The lowest BCUT2D eigenvalue weighted by atomic mass is 9.88. The molecule has 1 saturated heterocycles. The smallest absolute Gasteiger partial charge is 0.250 e. The largest absolute Gasteiger partial charge is 0.366 e. The summed E-state index contributed by atoms with van der Waals surface area (Å²) in [5.41, 5.74) is 5.58. The number of carbonyl (C=O) groups is 1. The highest BCUT2D eigenvalue weighted by Crippen LogP contribution is 2.33. The number of hydrogen-bond acceptors (Lipinski definition) is 3. The van der Waals surface area contributed by atoms with Gasteiger partial charge in [0.25, 0.3) is 5.91 Å². The Morgan fingerprint density at radius 1 is 1.23 bits per heavy atom. The molecule has 1 atom stereocenters. The lowest BCUT2D eigenvalue weighted by Crippen LogP contribution is -2.40. The minimum Gasteiger partial charge on any atom is -0.366 e. The van der Waals surface area contributed by atoms with Crippen LogP contribution in [0.25, 0.3) is 16.6 Å². The Balaban J connectivity index is 1.73. The summed E-state index contributed by atoms with van der Waals surface area (Å²) in [7, 11) is 0. The highest BCUT2D eigenvalue weighted by atomic mass is 19.1. The molecule has 5 nitrogen and oxygen atoms in total. The number of nitrogens with zero attached hydrogens (tertiary/aromatic N) is 2. The number of rotatable bonds is 3. The second-order valence-electron chi connectivity index (χ2n) is 6.59. The second kappa shape index (κ2) is 6.17. The van der Waals surface area contributed by atoms with Crippen LogP contribution in [0.3, 0.4) is 0 Å². The van der Waals surface area contributed by atoms with Crippen molar-refractivity contribution in [1.29, 1.82) is 0 Å². The normalized spacial score (nSPS) is 20.4. The number of benzene rings is 2. The van der Waals surface area contributed by atoms with Crippen LogP contribution in [-0.2, 0) is 5.67 Å². The minimum absolute atomic E-state index is 0.160. The van der Waals surface area contributed by atoms with Crippen molar-refractivity contribution in [3.8, 4) is 5.69 Å². The average molecular weight is 356 g/mol. The van der Waals surface area contributed by atoms with Crippen LogP contribution in [0.15, 0.2) is 42.6 Å². The predicted octanol–water partition coefficient (Wildman–Crippen LogP) is 2.81. The fourth-order valence-electron chi connectivity index (χ4n) is 3.43. The predicted molar refractivity (Wildman–Crippen MR) is 94.4 cm³/mol. The highest BCUT2D eigenvalue weighted by molar-refractivity contribution is 6.04. The Hall–Kier alpha value is -2.80. The highest BCUT2D eigenvalue weighted by Gasteiger charge is 2.33. The van der Waals surface area contributed by atoms with Crippen LogP contribution in [-0.4, -0.2) is 28.8 Å². The van der Waals surface area contributed by atoms with Crippen LogP contribution in [0.1, 0.15) is 28.8 Å². The van der Waals surface area contributed by atoms with Gasteiger partial charge < -0.3 is 11.1 Å². The first-order valence-corrected chi connectivity index (χ1v) is 8.46. The molecule has 1 aliphatic rings. The molecule has 2 aromatic carbocycles. The van der Waals surface area contributed by atoms with E-state index in [1.165, 1.54) is 23.0 Å². The fraction of sp³-hybridized carbons (Fsp3) is 0.263. The van der Waals surface area contributed by atoms with Gasteiger partial charge >= 0.3 is 0 Å². The summed E-state index contributed by atoms with van der Waals surface area (Å²) in [6.45, 7) is 1.13. The Labute approximate surface area is 148 Å². The quantitative estimate of drug-likeness (QED) is 0.758. The maximum Gasteiger partial charge on any atom is 0.250 e. The molecule has 0 aliphatic carbocycles. The van der Waals surface area contributed by atoms with E-state index in [2.05, 4.69) is 10.4 Å². The molecule has 1 fully saturated rings. The third kappa shape index (κ3) is 2.74. The number of halogens is 2. The van der Waals surface area contributed by atoms with Crippen molar-refractivity contribution in [2.75, 3.05) is 13.1 Å². The molecule has 7 heteroatoms. The Morgan fingerprint density at radius 2 is 2.00 bits per heavy atom. The number of carbonyl (C=O) groups excluding carboxylic acids is 1. The monoisotopic (exact) mass is 356 g/mol. The lowest BCUT2D eigenvalue weighted by Gasteiger charge is -2.30. The van der Waals surface area contributed by atoms with E-state index < -0.39 is 17.4 Å². The van der Waals surface area contributed by atoms with E-state index in [1.807, 2.05) is 0 Å². The molecule has 0 radical (unpaired) electrons. The Kier molecular flexibility index (Phi) is 3.96. The van der Waals surface area contributed by atoms with Crippen molar-refractivity contribution in [2.45, 2.75) is 18.5 Å². The zero-order valence-corrected chi connectivity index (χ0v) is 14.0. The van der Waals surface area contributed by atoms with Crippen molar-refractivity contribution < 1.29 is 13.6 Å². The van der Waals surface area contributed by atoms with Crippen LogP contribution < -0.4 is 11.1 Å². The van der Waals surface area contributed by atoms with Gasteiger partial charge in [-0.2, -0.15) is 5.10 Å². The average Bonchev–Trinajstić information content (AvgIpc) is 3.09. The Bertz CT molecular complexity index is 975. The second-order valence-corrected chi connectivity index (χ2v) is 6.59. The van der Waals surface area contributed by atoms with Gasteiger partial charge in [0.2, 0.25) is 0 Å². The number of alkyl halides is 1. The summed E-state index contributed by atoms with van der Waals surface area (Å²) in [6, 6.07) is 9.43. The standard InChI is InChI=1S/C19H18F2N4O/c20-16-7-6-14(18(22)26)17-15(16)10-25(24-17)13-4-2-12(3-5-13)19(21)8-1-9-23-11-19/h2-7,10,23H,1,8-9,11H2,(H2,22,26)/t19-/m1/s1. The molecule has 3 N–H and O–H groups in total. The molecule has 1 aromatic heterocycles. The molecular weight excluding hydrogens is 338 g/mol. The zero-order valence-electron chi connectivity index (χ0n) is 14.0. The zero-order chi connectivity index (χ0) is 18.3. The third-order valence-corrected chi connectivity index (χ3v) is 4.87. The van der Waals surface area contributed by atoms with E-state index in [0.717, 1.165) is 13.0 Å². The van der Waals surface area contributed by atoms with Gasteiger partial charge in [-0.25, -0.2) is 13.5 Å². The van der Waals surface area contributed by atoms with Gasteiger partial charge in [0.15, 0.2) is 0 Å². The van der Waals surface area contributed by atoms with Gasteiger partial charge in [-0.15, -0.1) is 0 Å². The number of primary amides is 1. The summed E-state index contributed by atoms with van der Waals surface area (Å²) >= 11 is 0. The Morgan fingerprint density at radius 3 is 2.65 bits per heavy atom. The van der Waals surface area contributed by atoms with Gasteiger partial charge in [-0.1, -0.05) is 12.1 Å². The summed E-state index contributed by atoms with van der Waals surface area (Å²) in [5.74, 6) is -1.15. The van der Waals surface area contributed by atoms with E-state index in [9.17, 15) is 9.18 Å². The van der Waals surface area contributed by atoms with E-state index in [4.69, 9.17) is 5.73 Å². The first kappa shape index (κ1) is 16.7. The van der Waals surface area contributed by atoms with Crippen molar-refractivity contribution in [3.05, 3.63) is 59.5 Å². The number of hydrogen-bond donors (Lipinski definition) is 2.